The van der Waals surface area contributed by atoms with E-state index in [2.05, 4.69) is 20.9 Å². The van der Waals surface area contributed by atoms with E-state index in [9.17, 15) is 4.79 Å². The Morgan fingerprint density at radius 2 is 1.78 bits per heavy atom. The molecule has 2 heterocycles. The van der Waals surface area contributed by atoms with Gasteiger partial charge < -0.3 is 19.6 Å². The highest BCUT2D eigenvalue weighted by Gasteiger charge is 2.20. The molecule has 0 amide bonds. The van der Waals surface area contributed by atoms with Gasteiger partial charge in [-0.1, -0.05) is 12.1 Å². The summed E-state index contributed by atoms with van der Waals surface area (Å²) in [6.07, 6.45) is 1.41. The number of aromatic nitrogens is 1. The lowest BCUT2D eigenvalue weighted by molar-refractivity contribution is 0.0696. The molecule has 0 atom stereocenters. The van der Waals surface area contributed by atoms with Crippen molar-refractivity contribution in [2.24, 2.45) is 0 Å². The fourth-order valence-electron chi connectivity index (χ4n) is 2.77. The first-order valence-electron chi connectivity index (χ1n) is 7.51. The number of ether oxygens (including phenoxy) is 1. The fraction of sp³-hybridized carbons (Fsp3) is 0.294. The maximum atomic E-state index is 10.9. The highest BCUT2D eigenvalue weighted by molar-refractivity contribution is 5.87. The van der Waals surface area contributed by atoms with Crippen LogP contribution < -0.4 is 14.5 Å². The molecule has 1 aromatic carbocycles. The lowest BCUT2D eigenvalue weighted by Crippen LogP contribution is -2.46. The number of piperazine rings is 1. The molecule has 6 nitrogen and oxygen atoms in total. The Bertz CT molecular complexity index is 680. The topological polar surface area (TPSA) is 65.9 Å². The van der Waals surface area contributed by atoms with Gasteiger partial charge in [-0.25, -0.2) is 9.78 Å². The number of benzene rings is 1. The SMILES string of the molecule is COc1ccccc1N1CCN(c2ccc(C(=O)O)cn2)CC1. The summed E-state index contributed by atoms with van der Waals surface area (Å²) in [5.74, 6) is 0.740. The van der Waals surface area contributed by atoms with Crippen LogP contribution >= 0.6 is 0 Å². The van der Waals surface area contributed by atoms with E-state index in [4.69, 9.17) is 9.84 Å². The van der Waals surface area contributed by atoms with E-state index in [0.717, 1.165) is 43.4 Å². The molecule has 6 heteroatoms. The summed E-state index contributed by atoms with van der Waals surface area (Å²) in [6, 6.07) is 11.4. The average molecular weight is 313 g/mol. The van der Waals surface area contributed by atoms with Crippen LogP contribution in [0.5, 0.6) is 5.75 Å². The van der Waals surface area contributed by atoms with Gasteiger partial charge >= 0.3 is 5.97 Å². The molecule has 3 rings (SSSR count). The molecule has 1 fully saturated rings. The monoisotopic (exact) mass is 313 g/mol. The lowest BCUT2D eigenvalue weighted by atomic mass is 10.2. The summed E-state index contributed by atoms with van der Waals surface area (Å²) in [6.45, 7) is 3.39. The van der Waals surface area contributed by atoms with Gasteiger partial charge in [0.05, 0.1) is 18.4 Å². The number of methoxy groups -OCH3 is 1. The van der Waals surface area contributed by atoms with Gasteiger partial charge in [0.15, 0.2) is 0 Å². The summed E-state index contributed by atoms with van der Waals surface area (Å²) in [7, 11) is 1.68. The summed E-state index contributed by atoms with van der Waals surface area (Å²) in [5.41, 5.74) is 1.31. The van der Waals surface area contributed by atoms with Crippen LogP contribution in [0.2, 0.25) is 0 Å². The standard InChI is InChI=1S/C17H19N3O3/c1-23-15-5-3-2-4-14(15)19-8-10-20(11-9-19)16-7-6-13(12-18-16)17(21)22/h2-7,12H,8-11H2,1H3,(H,21,22). The van der Waals surface area contributed by atoms with E-state index in [1.807, 2.05) is 18.2 Å². The number of carboxylic acid groups (broad SMARTS) is 1. The zero-order chi connectivity index (χ0) is 16.2. The quantitative estimate of drug-likeness (QED) is 0.932. The second kappa shape index (κ2) is 6.56. The molecule has 1 aromatic heterocycles. The van der Waals surface area contributed by atoms with Crippen molar-refractivity contribution in [3.63, 3.8) is 0 Å². The number of para-hydroxylation sites is 2. The van der Waals surface area contributed by atoms with Gasteiger partial charge in [0.1, 0.15) is 11.6 Å². The van der Waals surface area contributed by atoms with Gasteiger partial charge in [-0.05, 0) is 24.3 Å². The Balaban J connectivity index is 1.67. The Morgan fingerprint density at radius 1 is 1.09 bits per heavy atom. The second-order valence-corrected chi connectivity index (χ2v) is 5.36. The first kappa shape index (κ1) is 15.1. The predicted octanol–water partition coefficient (Wildman–Crippen LogP) is 2.12. The molecule has 0 aliphatic carbocycles. The number of nitrogens with zero attached hydrogens (tertiary/aromatic N) is 3. The van der Waals surface area contributed by atoms with Gasteiger partial charge in [0, 0.05) is 32.4 Å². The summed E-state index contributed by atoms with van der Waals surface area (Å²) >= 11 is 0. The van der Waals surface area contributed by atoms with E-state index in [1.165, 1.54) is 6.20 Å². The summed E-state index contributed by atoms with van der Waals surface area (Å²) < 4.78 is 5.42. The first-order chi connectivity index (χ1) is 11.2. The molecule has 120 valence electrons. The molecular weight excluding hydrogens is 294 g/mol. The largest absolute Gasteiger partial charge is 0.495 e. The first-order valence-corrected chi connectivity index (χ1v) is 7.51. The normalized spacial score (nSPS) is 14.7. The minimum atomic E-state index is -0.954. The van der Waals surface area contributed by atoms with Crippen LogP contribution in [0.3, 0.4) is 0 Å². The maximum absolute atomic E-state index is 10.9. The molecule has 1 saturated heterocycles. The number of rotatable bonds is 4. The number of carboxylic acids is 1. The van der Waals surface area contributed by atoms with Gasteiger partial charge in [0.25, 0.3) is 0 Å². The average Bonchev–Trinajstić information content (AvgIpc) is 2.62. The van der Waals surface area contributed by atoms with E-state index in [1.54, 1.807) is 19.2 Å². The van der Waals surface area contributed by atoms with Gasteiger partial charge in [-0.3, -0.25) is 0 Å². The zero-order valence-corrected chi connectivity index (χ0v) is 13.0. The molecular formula is C17H19N3O3. The van der Waals surface area contributed by atoms with Crippen LogP contribution in [0.15, 0.2) is 42.6 Å². The van der Waals surface area contributed by atoms with Crippen LogP contribution in [0.4, 0.5) is 11.5 Å². The molecule has 0 saturated carbocycles. The predicted molar refractivity (Wildman–Crippen MR) is 88.6 cm³/mol. The number of aromatic carboxylic acids is 1. The van der Waals surface area contributed by atoms with Crippen molar-refractivity contribution < 1.29 is 14.6 Å². The van der Waals surface area contributed by atoms with E-state index in [-0.39, 0.29) is 5.56 Å². The number of anilines is 2. The Kier molecular flexibility index (Phi) is 4.32. The number of hydrogen-bond donors (Lipinski definition) is 1. The molecule has 1 aliphatic heterocycles. The van der Waals surface area contributed by atoms with Crippen LogP contribution in [-0.4, -0.2) is 49.3 Å². The van der Waals surface area contributed by atoms with Crippen LogP contribution in [0.25, 0.3) is 0 Å². The molecule has 1 aliphatic rings. The molecule has 0 spiro atoms. The van der Waals surface area contributed by atoms with Crippen LogP contribution in [0.1, 0.15) is 10.4 Å². The van der Waals surface area contributed by atoms with Crippen molar-refractivity contribution in [3.8, 4) is 5.75 Å². The Morgan fingerprint density at radius 3 is 2.39 bits per heavy atom. The Labute approximate surface area is 134 Å². The molecule has 2 aromatic rings. The van der Waals surface area contributed by atoms with Gasteiger partial charge in [-0.15, -0.1) is 0 Å². The molecule has 0 radical (unpaired) electrons. The van der Waals surface area contributed by atoms with Crippen molar-refractivity contribution >= 4 is 17.5 Å². The third kappa shape index (κ3) is 3.21. The number of hydrogen-bond acceptors (Lipinski definition) is 5. The molecule has 0 bridgehead atoms. The highest BCUT2D eigenvalue weighted by Crippen LogP contribution is 2.28. The fourth-order valence-corrected chi connectivity index (χ4v) is 2.77. The van der Waals surface area contributed by atoms with Crippen molar-refractivity contribution in [2.45, 2.75) is 0 Å². The van der Waals surface area contributed by atoms with E-state index < -0.39 is 5.97 Å². The second-order valence-electron chi connectivity index (χ2n) is 5.36. The zero-order valence-electron chi connectivity index (χ0n) is 13.0. The maximum Gasteiger partial charge on any atom is 0.337 e. The van der Waals surface area contributed by atoms with Crippen LogP contribution in [-0.2, 0) is 0 Å². The van der Waals surface area contributed by atoms with E-state index >= 15 is 0 Å². The van der Waals surface area contributed by atoms with Crippen LogP contribution in [0, 0.1) is 0 Å². The number of pyridine rings is 1. The number of carbonyl (C=O) groups is 1. The Hall–Kier alpha value is -2.76. The van der Waals surface area contributed by atoms with E-state index in [0.29, 0.717) is 0 Å². The highest BCUT2D eigenvalue weighted by atomic mass is 16.5. The third-order valence-corrected chi connectivity index (χ3v) is 4.02. The van der Waals surface area contributed by atoms with Gasteiger partial charge in [0.2, 0.25) is 0 Å². The summed E-state index contributed by atoms with van der Waals surface area (Å²) in [4.78, 5) is 19.6. The van der Waals surface area contributed by atoms with Gasteiger partial charge in [-0.2, -0.15) is 0 Å². The van der Waals surface area contributed by atoms with Crippen molar-refractivity contribution in [3.05, 3.63) is 48.2 Å². The third-order valence-electron chi connectivity index (χ3n) is 4.02. The smallest absolute Gasteiger partial charge is 0.337 e. The summed E-state index contributed by atoms with van der Waals surface area (Å²) in [5, 5.41) is 8.92. The molecule has 0 unspecified atom stereocenters. The molecule has 23 heavy (non-hydrogen) atoms. The van der Waals surface area contributed by atoms with Crippen molar-refractivity contribution in [1.29, 1.82) is 0 Å². The molecule has 1 N–H and O–H groups in total. The van der Waals surface area contributed by atoms with Crippen molar-refractivity contribution in [2.75, 3.05) is 43.1 Å². The van der Waals surface area contributed by atoms with Crippen molar-refractivity contribution in [1.82, 2.24) is 4.98 Å². The minimum Gasteiger partial charge on any atom is -0.495 e. The lowest BCUT2D eigenvalue weighted by Gasteiger charge is -2.37. The minimum absolute atomic E-state index is 0.210.